The molecule has 2 aromatic heterocycles. The van der Waals surface area contributed by atoms with E-state index >= 15 is 0 Å². The molecule has 0 aliphatic rings. The van der Waals surface area contributed by atoms with Crippen molar-refractivity contribution in [2.24, 2.45) is 0 Å². The molecule has 0 aromatic carbocycles. The van der Waals surface area contributed by atoms with Crippen molar-refractivity contribution in [1.29, 1.82) is 0 Å². The van der Waals surface area contributed by atoms with E-state index in [0.717, 1.165) is 0 Å². The van der Waals surface area contributed by atoms with Crippen LogP contribution in [0.25, 0.3) is 11.5 Å². The minimum Gasteiger partial charge on any atom is -0.359 e. The first-order valence-corrected chi connectivity index (χ1v) is 5.24. The first-order valence-electron chi connectivity index (χ1n) is 5.24. The normalized spacial score (nSPS) is 10.2. The molecule has 88 valence electrons. The second kappa shape index (κ2) is 5.20. The first kappa shape index (κ1) is 11.3. The lowest BCUT2D eigenvalue weighted by Gasteiger charge is -1.94. The SMILES string of the molecule is CNC(=O)CCc1nc(-c2ccccn2)no1. The summed E-state index contributed by atoms with van der Waals surface area (Å²) in [7, 11) is 1.59. The van der Waals surface area contributed by atoms with Gasteiger partial charge in [0.15, 0.2) is 0 Å². The highest BCUT2D eigenvalue weighted by Gasteiger charge is 2.10. The van der Waals surface area contributed by atoms with Crippen LogP contribution in [0.4, 0.5) is 0 Å². The number of hydrogen-bond acceptors (Lipinski definition) is 5. The van der Waals surface area contributed by atoms with Crippen LogP contribution >= 0.6 is 0 Å². The van der Waals surface area contributed by atoms with Gasteiger partial charge in [0.05, 0.1) is 0 Å². The van der Waals surface area contributed by atoms with Crippen LogP contribution in [0.15, 0.2) is 28.9 Å². The third-order valence-electron chi connectivity index (χ3n) is 2.21. The molecule has 0 spiro atoms. The lowest BCUT2D eigenvalue weighted by molar-refractivity contribution is -0.120. The van der Waals surface area contributed by atoms with Crippen LogP contribution in [0.2, 0.25) is 0 Å². The van der Waals surface area contributed by atoms with Gasteiger partial charge in [-0.1, -0.05) is 11.2 Å². The van der Waals surface area contributed by atoms with E-state index in [-0.39, 0.29) is 5.91 Å². The highest BCUT2D eigenvalue weighted by molar-refractivity contribution is 5.75. The summed E-state index contributed by atoms with van der Waals surface area (Å²) in [5.41, 5.74) is 0.655. The molecule has 0 aliphatic carbocycles. The molecular weight excluding hydrogens is 220 g/mol. The Morgan fingerprint density at radius 2 is 2.35 bits per heavy atom. The van der Waals surface area contributed by atoms with Gasteiger partial charge >= 0.3 is 0 Å². The van der Waals surface area contributed by atoms with E-state index in [2.05, 4.69) is 20.4 Å². The van der Waals surface area contributed by atoms with Crippen LogP contribution in [0.3, 0.4) is 0 Å². The highest BCUT2D eigenvalue weighted by Crippen LogP contribution is 2.12. The number of aryl methyl sites for hydroxylation is 1. The Labute approximate surface area is 98.1 Å². The van der Waals surface area contributed by atoms with Crippen LogP contribution in [-0.2, 0) is 11.2 Å². The number of nitrogens with zero attached hydrogens (tertiary/aromatic N) is 3. The minimum absolute atomic E-state index is 0.0532. The van der Waals surface area contributed by atoms with Crippen molar-refractivity contribution in [2.75, 3.05) is 7.05 Å². The molecule has 0 atom stereocenters. The molecule has 2 rings (SSSR count). The topological polar surface area (TPSA) is 80.9 Å². The summed E-state index contributed by atoms with van der Waals surface area (Å²) in [6.07, 6.45) is 2.43. The van der Waals surface area contributed by atoms with Crippen LogP contribution in [0, 0.1) is 0 Å². The van der Waals surface area contributed by atoms with E-state index in [1.54, 1.807) is 19.3 Å². The fraction of sp³-hybridized carbons (Fsp3) is 0.273. The highest BCUT2D eigenvalue weighted by atomic mass is 16.5. The molecule has 0 bridgehead atoms. The Balaban J connectivity index is 2.04. The average Bonchev–Trinajstić information content (AvgIpc) is 2.86. The van der Waals surface area contributed by atoms with Crippen molar-refractivity contribution in [3.63, 3.8) is 0 Å². The number of carbonyl (C=O) groups is 1. The number of nitrogens with one attached hydrogen (secondary N) is 1. The maximum atomic E-state index is 11.0. The van der Waals surface area contributed by atoms with E-state index in [4.69, 9.17) is 4.52 Å². The molecule has 0 aliphatic heterocycles. The van der Waals surface area contributed by atoms with Gasteiger partial charge in [0.1, 0.15) is 5.69 Å². The zero-order chi connectivity index (χ0) is 12.1. The Hall–Kier alpha value is -2.24. The second-order valence-corrected chi connectivity index (χ2v) is 3.40. The van der Waals surface area contributed by atoms with Gasteiger partial charge in [-0.2, -0.15) is 4.98 Å². The molecule has 2 aromatic rings. The van der Waals surface area contributed by atoms with Crippen molar-refractivity contribution in [2.45, 2.75) is 12.8 Å². The molecule has 0 saturated carbocycles. The van der Waals surface area contributed by atoms with E-state index < -0.39 is 0 Å². The maximum absolute atomic E-state index is 11.0. The smallest absolute Gasteiger partial charge is 0.227 e. The molecule has 1 amide bonds. The van der Waals surface area contributed by atoms with E-state index in [9.17, 15) is 4.79 Å². The van der Waals surface area contributed by atoms with Crippen LogP contribution in [0.5, 0.6) is 0 Å². The van der Waals surface area contributed by atoms with Crippen LogP contribution in [-0.4, -0.2) is 28.1 Å². The summed E-state index contributed by atoms with van der Waals surface area (Å²) in [5, 5.41) is 6.34. The lowest BCUT2D eigenvalue weighted by Crippen LogP contribution is -2.17. The number of amides is 1. The Bertz CT molecular complexity index is 495. The standard InChI is InChI=1S/C11H12N4O2/c1-12-9(16)5-6-10-14-11(15-17-10)8-4-2-3-7-13-8/h2-4,7H,5-6H2,1H3,(H,12,16). The van der Waals surface area contributed by atoms with Gasteiger partial charge in [0.2, 0.25) is 17.6 Å². The number of pyridine rings is 1. The molecule has 0 saturated heterocycles. The number of aromatic nitrogens is 3. The van der Waals surface area contributed by atoms with Gasteiger partial charge in [-0.25, -0.2) is 0 Å². The molecule has 0 fully saturated rings. The van der Waals surface area contributed by atoms with E-state index in [1.165, 1.54) is 0 Å². The summed E-state index contributed by atoms with van der Waals surface area (Å²) in [4.78, 5) is 19.3. The quantitative estimate of drug-likeness (QED) is 0.843. The van der Waals surface area contributed by atoms with Crippen molar-refractivity contribution in [3.05, 3.63) is 30.3 Å². The fourth-order valence-corrected chi connectivity index (χ4v) is 1.30. The maximum Gasteiger partial charge on any atom is 0.227 e. The number of rotatable bonds is 4. The van der Waals surface area contributed by atoms with Crippen molar-refractivity contribution >= 4 is 5.91 Å². The van der Waals surface area contributed by atoms with Crippen molar-refractivity contribution < 1.29 is 9.32 Å². The zero-order valence-corrected chi connectivity index (χ0v) is 9.38. The van der Waals surface area contributed by atoms with Gasteiger partial charge in [-0.15, -0.1) is 0 Å². The molecule has 0 radical (unpaired) electrons. The molecule has 2 heterocycles. The Kier molecular flexibility index (Phi) is 3.44. The predicted molar refractivity (Wildman–Crippen MR) is 59.9 cm³/mol. The molecule has 1 N–H and O–H groups in total. The largest absolute Gasteiger partial charge is 0.359 e. The fourth-order valence-electron chi connectivity index (χ4n) is 1.30. The Morgan fingerprint density at radius 1 is 1.47 bits per heavy atom. The van der Waals surface area contributed by atoms with Crippen molar-refractivity contribution in [3.8, 4) is 11.5 Å². The summed E-state index contributed by atoms with van der Waals surface area (Å²) in [5.74, 6) is 0.828. The van der Waals surface area contributed by atoms with Crippen LogP contribution < -0.4 is 5.32 Å². The van der Waals surface area contributed by atoms with Gasteiger partial charge < -0.3 is 9.84 Å². The van der Waals surface area contributed by atoms with Crippen LogP contribution in [0.1, 0.15) is 12.3 Å². The minimum atomic E-state index is -0.0532. The molecule has 6 nitrogen and oxygen atoms in total. The van der Waals surface area contributed by atoms with Crippen molar-refractivity contribution in [1.82, 2.24) is 20.4 Å². The predicted octanol–water partition coefficient (Wildman–Crippen LogP) is 0.810. The van der Waals surface area contributed by atoms with E-state index in [1.807, 2.05) is 12.1 Å². The Morgan fingerprint density at radius 3 is 3.06 bits per heavy atom. The molecular formula is C11H12N4O2. The first-order chi connectivity index (χ1) is 8.29. The summed E-state index contributed by atoms with van der Waals surface area (Å²) in [6.45, 7) is 0. The third-order valence-corrected chi connectivity index (χ3v) is 2.21. The molecule has 0 unspecified atom stereocenters. The lowest BCUT2D eigenvalue weighted by atomic mass is 10.3. The monoisotopic (exact) mass is 232 g/mol. The summed E-state index contributed by atoms with van der Waals surface area (Å²) >= 11 is 0. The molecule has 17 heavy (non-hydrogen) atoms. The molecule has 6 heteroatoms. The second-order valence-electron chi connectivity index (χ2n) is 3.40. The number of hydrogen-bond donors (Lipinski definition) is 1. The summed E-state index contributed by atoms with van der Waals surface area (Å²) < 4.78 is 5.03. The zero-order valence-electron chi connectivity index (χ0n) is 9.38. The third kappa shape index (κ3) is 2.87. The van der Waals surface area contributed by atoms with Gasteiger partial charge in [-0.3, -0.25) is 9.78 Å². The average molecular weight is 232 g/mol. The van der Waals surface area contributed by atoms with Gasteiger partial charge in [0.25, 0.3) is 0 Å². The van der Waals surface area contributed by atoms with Gasteiger partial charge in [0, 0.05) is 26.1 Å². The van der Waals surface area contributed by atoms with Gasteiger partial charge in [-0.05, 0) is 12.1 Å². The summed E-state index contributed by atoms with van der Waals surface area (Å²) in [6, 6.07) is 5.46. The number of carbonyl (C=O) groups excluding carboxylic acids is 1. The van der Waals surface area contributed by atoms with E-state index in [0.29, 0.717) is 30.3 Å².